The summed E-state index contributed by atoms with van der Waals surface area (Å²) >= 11 is 6.50. The fraction of sp³-hybridized carbons (Fsp3) is 0.105. The predicted octanol–water partition coefficient (Wildman–Crippen LogP) is 3.81. The molecule has 26 heavy (non-hydrogen) atoms. The van der Waals surface area contributed by atoms with E-state index in [0.29, 0.717) is 9.23 Å². The number of aromatic hydroxyl groups is 1. The molecule has 0 saturated carbocycles. The van der Waals surface area contributed by atoms with Gasteiger partial charge in [-0.05, 0) is 29.3 Å². The summed E-state index contributed by atoms with van der Waals surface area (Å²) in [5.41, 5.74) is 1.47. The third-order valence-corrected chi connectivity index (χ3v) is 5.21. The van der Waals surface area contributed by atoms with Gasteiger partial charge in [0.2, 0.25) is 0 Å². The summed E-state index contributed by atoms with van der Waals surface area (Å²) in [5.74, 6) is -1.18. The van der Waals surface area contributed by atoms with Crippen LogP contribution in [-0.4, -0.2) is 31.3 Å². The van der Waals surface area contributed by atoms with Crippen LogP contribution in [0.4, 0.5) is 0 Å². The van der Waals surface area contributed by atoms with E-state index in [-0.39, 0.29) is 18.1 Å². The number of carbonyl (C=O) groups is 2. The lowest BCUT2D eigenvalue weighted by Crippen LogP contribution is -2.34. The Morgan fingerprint density at radius 1 is 1.15 bits per heavy atom. The van der Waals surface area contributed by atoms with Gasteiger partial charge < -0.3 is 10.2 Å². The molecule has 0 aromatic heterocycles. The van der Waals surface area contributed by atoms with Crippen molar-refractivity contribution in [2.24, 2.45) is 0 Å². The molecule has 5 nitrogen and oxygen atoms in total. The highest BCUT2D eigenvalue weighted by Gasteiger charge is 2.38. The lowest BCUT2D eigenvalue weighted by Gasteiger charge is -2.26. The van der Waals surface area contributed by atoms with Crippen LogP contribution in [0.1, 0.15) is 23.6 Å². The van der Waals surface area contributed by atoms with Crippen LogP contribution in [-0.2, 0) is 9.59 Å². The second kappa shape index (κ2) is 7.72. The molecule has 0 radical (unpaired) electrons. The number of thioether (sulfide) groups is 1. The zero-order valence-electron chi connectivity index (χ0n) is 13.5. The average molecular weight is 385 g/mol. The molecule has 2 aromatic rings. The Labute approximate surface area is 160 Å². The van der Waals surface area contributed by atoms with E-state index < -0.39 is 12.0 Å². The number of rotatable bonds is 5. The van der Waals surface area contributed by atoms with E-state index in [9.17, 15) is 19.8 Å². The van der Waals surface area contributed by atoms with Crippen LogP contribution in [0.2, 0.25) is 0 Å². The van der Waals surface area contributed by atoms with Gasteiger partial charge in [-0.25, -0.2) is 0 Å². The van der Waals surface area contributed by atoms with Gasteiger partial charge >= 0.3 is 5.97 Å². The van der Waals surface area contributed by atoms with Crippen LogP contribution in [0.5, 0.6) is 5.75 Å². The summed E-state index contributed by atoms with van der Waals surface area (Å²) in [7, 11) is 0. The Bertz CT molecular complexity index is 878. The number of aliphatic carboxylic acids is 1. The molecule has 1 saturated heterocycles. The first kappa shape index (κ1) is 18.2. The average Bonchev–Trinajstić information content (AvgIpc) is 2.89. The van der Waals surface area contributed by atoms with Crippen LogP contribution in [0.25, 0.3) is 6.08 Å². The molecule has 0 spiro atoms. The number of hydrogen-bond donors (Lipinski definition) is 2. The Kier molecular flexibility index (Phi) is 5.39. The molecule has 1 aliphatic rings. The van der Waals surface area contributed by atoms with Crippen molar-refractivity contribution in [3.05, 3.63) is 70.6 Å². The third kappa shape index (κ3) is 3.95. The lowest BCUT2D eigenvalue weighted by molar-refractivity contribution is -0.138. The molecular weight excluding hydrogens is 370 g/mol. The number of phenols is 1. The maximum atomic E-state index is 12.9. The van der Waals surface area contributed by atoms with Gasteiger partial charge in [0, 0.05) is 0 Å². The molecule has 1 amide bonds. The molecule has 2 N–H and O–H groups in total. The fourth-order valence-corrected chi connectivity index (χ4v) is 4.03. The highest BCUT2D eigenvalue weighted by Crippen LogP contribution is 2.39. The number of carboxylic acids is 1. The van der Waals surface area contributed by atoms with Crippen molar-refractivity contribution in [2.75, 3.05) is 0 Å². The second-order valence-corrected chi connectivity index (χ2v) is 7.34. The summed E-state index contributed by atoms with van der Waals surface area (Å²) < 4.78 is 0.329. The smallest absolute Gasteiger partial charge is 0.305 e. The van der Waals surface area contributed by atoms with Gasteiger partial charge in [-0.15, -0.1) is 0 Å². The van der Waals surface area contributed by atoms with Gasteiger partial charge in [-0.1, -0.05) is 66.4 Å². The van der Waals surface area contributed by atoms with Gasteiger partial charge in [-0.3, -0.25) is 14.5 Å². The summed E-state index contributed by atoms with van der Waals surface area (Å²) in [6.07, 6.45) is 1.45. The summed E-state index contributed by atoms with van der Waals surface area (Å²) in [6.45, 7) is 0. The molecule has 1 fully saturated rings. The van der Waals surface area contributed by atoms with Crippen molar-refractivity contribution in [2.45, 2.75) is 12.5 Å². The Morgan fingerprint density at radius 3 is 2.42 bits per heavy atom. The van der Waals surface area contributed by atoms with Gasteiger partial charge in [0.05, 0.1) is 17.4 Å². The molecule has 1 atom stereocenters. The first-order valence-corrected chi connectivity index (χ1v) is 9.01. The molecule has 7 heteroatoms. The largest absolute Gasteiger partial charge is 0.508 e. The molecule has 1 heterocycles. The molecular formula is C19H15NO4S2. The normalized spacial score (nSPS) is 16.9. The molecule has 132 valence electrons. The molecule has 0 bridgehead atoms. The molecule has 1 aliphatic heterocycles. The topological polar surface area (TPSA) is 77.8 Å². The van der Waals surface area contributed by atoms with Gasteiger partial charge in [0.25, 0.3) is 5.91 Å². The summed E-state index contributed by atoms with van der Waals surface area (Å²) in [5, 5.41) is 18.6. The number of carboxylic acid groups (broad SMARTS) is 1. The number of carbonyl (C=O) groups excluding carboxylic acids is 1. The number of phenolic OH excluding ortho intramolecular Hbond substituents is 1. The van der Waals surface area contributed by atoms with E-state index in [1.807, 2.05) is 6.07 Å². The van der Waals surface area contributed by atoms with E-state index in [1.165, 1.54) is 17.0 Å². The number of amides is 1. The number of thiocarbonyl (C=S) groups is 1. The van der Waals surface area contributed by atoms with E-state index in [0.717, 1.165) is 22.9 Å². The zero-order valence-corrected chi connectivity index (χ0v) is 15.2. The van der Waals surface area contributed by atoms with Crippen molar-refractivity contribution < 1.29 is 19.8 Å². The van der Waals surface area contributed by atoms with Crippen molar-refractivity contribution in [3.8, 4) is 5.75 Å². The standard InChI is InChI=1S/C19H15NO4S2/c21-14-8-6-12(7-9-14)10-16-18(24)20(19(25)26-16)15(11-17(22)23)13-4-2-1-3-5-13/h1-10,15,21H,11H2,(H,22,23)/b16-10-. The third-order valence-electron chi connectivity index (χ3n) is 3.88. The fourth-order valence-electron chi connectivity index (χ4n) is 2.67. The Balaban J connectivity index is 1.93. The van der Waals surface area contributed by atoms with Crippen molar-refractivity contribution in [1.29, 1.82) is 0 Å². The van der Waals surface area contributed by atoms with Crippen molar-refractivity contribution in [3.63, 3.8) is 0 Å². The van der Waals surface area contributed by atoms with Crippen LogP contribution >= 0.6 is 24.0 Å². The van der Waals surface area contributed by atoms with E-state index in [4.69, 9.17) is 12.2 Å². The second-order valence-electron chi connectivity index (χ2n) is 5.67. The molecule has 0 aliphatic carbocycles. The zero-order chi connectivity index (χ0) is 18.7. The lowest BCUT2D eigenvalue weighted by atomic mass is 10.0. The van der Waals surface area contributed by atoms with Gasteiger partial charge in [0.1, 0.15) is 10.1 Å². The van der Waals surface area contributed by atoms with Crippen LogP contribution in [0, 0.1) is 0 Å². The minimum atomic E-state index is -1.00. The predicted molar refractivity (Wildman–Crippen MR) is 105 cm³/mol. The first-order chi connectivity index (χ1) is 12.5. The minimum Gasteiger partial charge on any atom is -0.508 e. The van der Waals surface area contributed by atoms with E-state index >= 15 is 0 Å². The Morgan fingerprint density at radius 2 is 1.81 bits per heavy atom. The molecule has 2 aromatic carbocycles. The monoisotopic (exact) mass is 385 g/mol. The Hall–Kier alpha value is -2.64. The maximum absolute atomic E-state index is 12.9. The molecule has 1 unspecified atom stereocenters. The number of hydrogen-bond acceptors (Lipinski definition) is 5. The van der Waals surface area contributed by atoms with E-state index in [1.54, 1.807) is 42.5 Å². The van der Waals surface area contributed by atoms with Crippen molar-refractivity contribution >= 4 is 46.3 Å². The quantitative estimate of drug-likeness (QED) is 0.602. The van der Waals surface area contributed by atoms with Crippen LogP contribution in [0.15, 0.2) is 59.5 Å². The van der Waals surface area contributed by atoms with Crippen LogP contribution < -0.4 is 0 Å². The maximum Gasteiger partial charge on any atom is 0.305 e. The summed E-state index contributed by atoms with van der Waals surface area (Å²) in [6, 6.07) is 14.8. The minimum absolute atomic E-state index is 0.139. The highest BCUT2D eigenvalue weighted by atomic mass is 32.2. The van der Waals surface area contributed by atoms with Crippen molar-refractivity contribution in [1.82, 2.24) is 4.90 Å². The van der Waals surface area contributed by atoms with E-state index in [2.05, 4.69) is 0 Å². The SMILES string of the molecule is O=C(O)CC(c1ccccc1)N1C(=O)/C(=C/c2ccc(O)cc2)SC1=S. The molecule has 3 rings (SSSR count). The van der Waals surface area contributed by atoms with Crippen LogP contribution in [0.3, 0.4) is 0 Å². The highest BCUT2D eigenvalue weighted by molar-refractivity contribution is 8.26. The number of benzene rings is 2. The summed E-state index contributed by atoms with van der Waals surface area (Å²) in [4.78, 5) is 26.0. The number of nitrogens with zero attached hydrogens (tertiary/aromatic N) is 1. The van der Waals surface area contributed by atoms with Gasteiger partial charge in [-0.2, -0.15) is 0 Å². The van der Waals surface area contributed by atoms with Gasteiger partial charge in [0.15, 0.2) is 0 Å². The first-order valence-electron chi connectivity index (χ1n) is 7.78.